The lowest BCUT2D eigenvalue weighted by Crippen LogP contribution is -2.28. The molecule has 216 valence electrons. The number of rotatable bonds is 8. The molecule has 0 aliphatic rings. The summed E-state index contributed by atoms with van der Waals surface area (Å²) in [5.41, 5.74) is -0.413. The largest absolute Gasteiger partial charge is 0.335 e. The van der Waals surface area contributed by atoms with Crippen molar-refractivity contribution in [2.75, 3.05) is 0 Å². The van der Waals surface area contributed by atoms with Gasteiger partial charge in [-0.25, -0.2) is 0 Å². The minimum Gasteiger partial charge on any atom is -0.324 e. The third-order valence-corrected chi connectivity index (χ3v) is 14.5. The van der Waals surface area contributed by atoms with Gasteiger partial charge in [0.1, 0.15) is 0 Å². The van der Waals surface area contributed by atoms with E-state index in [4.69, 9.17) is 0 Å². The van der Waals surface area contributed by atoms with E-state index < -0.39 is 51.0 Å². The van der Waals surface area contributed by atoms with Crippen LogP contribution in [-0.2, 0) is 38.9 Å². The Hall–Kier alpha value is -0.700. The first-order valence-corrected chi connectivity index (χ1v) is 17.7. The Morgan fingerprint density at radius 3 is 0.632 bits per heavy atom. The molecule has 8 N–H and O–H groups in total. The highest BCUT2D eigenvalue weighted by atomic mass is 31.2. The zero-order chi connectivity index (χ0) is 30.3. The van der Waals surface area contributed by atoms with Crippen molar-refractivity contribution in [2.24, 2.45) is 0 Å². The van der Waals surface area contributed by atoms with Crippen LogP contribution in [0.3, 0.4) is 0 Å². The molecular formula is C22H36O12P4. The highest BCUT2D eigenvalue weighted by Gasteiger charge is 2.50. The van der Waals surface area contributed by atoms with Crippen LogP contribution in [0.1, 0.15) is 77.6 Å². The lowest BCUT2D eigenvalue weighted by atomic mass is 9.83. The second kappa shape index (κ2) is 9.42. The molecule has 0 unspecified atom stereocenters. The van der Waals surface area contributed by atoms with E-state index in [-0.39, 0.29) is 33.0 Å². The Bertz CT molecular complexity index is 1250. The normalized spacial score (nSPS) is 15.3. The van der Waals surface area contributed by atoms with Crippen LogP contribution in [0.25, 0.3) is 10.8 Å². The SMILES string of the molecule is CC(C)(c1cc2cc(C(C)(C)P(=O)(O)O)c(C(C)(C)P(=O)(O)O)cc2cc1C(C)(C)P(=O)(O)O)P(=O)(O)O. The van der Waals surface area contributed by atoms with Crippen LogP contribution in [0.2, 0.25) is 0 Å². The lowest BCUT2D eigenvalue weighted by Gasteiger charge is -2.37. The fourth-order valence-corrected chi connectivity index (χ4v) is 6.00. The lowest BCUT2D eigenvalue weighted by molar-refractivity contribution is 0.328. The molecule has 12 nitrogen and oxygen atoms in total. The maximum absolute atomic E-state index is 12.5. The standard InChI is InChI=1S/C22H36O12P4/c1-19(2,35(23,24)25)15-9-13-11-17(21(5,6)37(29,30)31)18(22(7,8)38(32,33)34)12-14(13)10-16(15)20(3,4)36(26,27)28/h9-12H,1-8H3,(H2,23,24,25)(H2,26,27,28)(H2,29,30,31)(H2,32,33,34). The molecule has 0 saturated heterocycles. The van der Waals surface area contributed by atoms with E-state index in [1.165, 1.54) is 79.7 Å². The zero-order valence-electron chi connectivity index (χ0n) is 22.3. The van der Waals surface area contributed by atoms with E-state index >= 15 is 0 Å². The topological polar surface area (TPSA) is 230 Å². The molecule has 0 saturated carbocycles. The first kappa shape index (κ1) is 33.5. The van der Waals surface area contributed by atoms with E-state index in [2.05, 4.69) is 0 Å². The summed E-state index contributed by atoms with van der Waals surface area (Å²) in [7, 11) is -19.7. The van der Waals surface area contributed by atoms with Gasteiger partial charge in [0, 0.05) is 0 Å². The maximum atomic E-state index is 12.5. The Morgan fingerprint density at radius 2 is 0.526 bits per heavy atom. The quantitative estimate of drug-likeness (QED) is 0.192. The third kappa shape index (κ3) is 5.45. The van der Waals surface area contributed by atoms with Gasteiger partial charge in [0.25, 0.3) is 0 Å². The van der Waals surface area contributed by atoms with Crippen LogP contribution in [0.5, 0.6) is 0 Å². The summed E-state index contributed by atoms with van der Waals surface area (Å²) < 4.78 is 49.9. The second-order valence-corrected chi connectivity index (χ2v) is 20.4. The van der Waals surface area contributed by atoms with Crippen molar-refractivity contribution >= 4 is 41.2 Å². The Labute approximate surface area is 221 Å². The van der Waals surface area contributed by atoms with Gasteiger partial charge < -0.3 is 39.1 Å². The van der Waals surface area contributed by atoms with Gasteiger partial charge >= 0.3 is 30.4 Å². The summed E-state index contributed by atoms with van der Waals surface area (Å²) in [5.74, 6) is 0. The number of hydrogen-bond donors (Lipinski definition) is 8. The van der Waals surface area contributed by atoms with E-state index in [1.807, 2.05) is 0 Å². The number of hydrogen-bond acceptors (Lipinski definition) is 4. The van der Waals surface area contributed by atoms with Crippen LogP contribution >= 0.6 is 30.4 Å². The van der Waals surface area contributed by atoms with Crippen molar-refractivity contribution in [2.45, 2.75) is 76.0 Å². The van der Waals surface area contributed by atoms with Gasteiger partial charge in [-0.1, -0.05) is 0 Å². The van der Waals surface area contributed by atoms with Gasteiger partial charge in [-0.15, -0.1) is 0 Å². The molecular weight excluding hydrogens is 580 g/mol. The molecule has 0 aliphatic heterocycles. The van der Waals surface area contributed by atoms with Gasteiger partial charge in [-0.2, -0.15) is 0 Å². The second-order valence-electron chi connectivity index (χ2n) is 11.6. The van der Waals surface area contributed by atoms with Crippen LogP contribution in [-0.4, -0.2) is 39.1 Å². The maximum Gasteiger partial charge on any atom is 0.335 e. The molecule has 0 radical (unpaired) electrons. The molecule has 0 atom stereocenters. The summed E-state index contributed by atoms with van der Waals surface area (Å²) in [6, 6.07) is 5.15. The van der Waals surface area contributed by atoms with Crippen molar-refractivity contribution in [3.8, 4) is 0 Å². The Balaban J connectivity index is 3.29. The molecule has 0 fully saturated rings. The number of benzene rings is 2. The van der Waals surface area contributed by atoms with Crippen molar-refractivity contribution in [3.63, 3.8) is 0 Å². The van der Waals surface area contributed by atoms with Crippen LogP contribution in [0, 0.1) is 0 Å². The summed E-state index contributed by atoms with van der Waals surface area (Å²) >= 11 is 0. The molecule has 0 spiro atoms. The fourth-order valence-electron chi connectivity index (χ4n) is 4.00. The molecule has 2 aromatic carbocycles. The van der Waals surface area contributed by atoms with Gasteiger partial charge in [0.05, 0.1) is 20.6 Å². The Morgan fingerprint density at radius 1 is 0.395 bits per heavy atom. The van der Waals surface area contributed by atoms with Gasteiger partial charge in [-0.3, -0.25) is 18.3 Å². The molecule has 0 aliphatic carbocycles. The molecule has 16 heteroatoms. The first-order valence-electron chi connectivity index (χ1n) is 11.3. The molecule has 0 heterocycles. The molecule has 0 amide bonds. The van der Waals surface area contributed by atoms with Gasteiger partial charge in [0.2, 0.25) is 0 Å². The van der Waals surface area contributed by atoms with Gasteiger partial charge in [0.15, 0.2) is 0 Å². The summed E-state index contributed by atoms with van der Waals surface area (Å²) in [6.07, 6.45) is 0. The zero-order valence-corrected chi connectivity index (χ0v) is 25.9. The van der Waals surface area contributed by atoms with Crippen LogP contribution in [0.15, 0.2) is 24.3 Å². The predicted octanol–water partition coefficient (Wildman–Crippen LogP) is 4.49. The average molecular weight is 616 g/mol. The first-order chi connectivity index (χ1) is 16.4. The summed E-state index contributed by atoms with van der Waals surface area (Å²) in [5, 5.41) is -7.38. The molecule has 2 aromatic rings. The highest BCUT2D eigenvalue weighted by Crippen LogP contribution is 2.65. The van der Waals surface area contributed by atoms with Crippen molar-refractivity contribution in [1.29, 1.82) is 0 Å². The van der Waals surface area contributed by atoms with Gasteiger partial charge in [-0.05, 0) is 113 Å². The monoisotopic (exact) mass is 616 g/mol. The number of fused-ring (bicyclic) bond motifs is 1. The molecule has 0 bridgehead atoms. The van der Waals surface area contributed by atoms with Crippen molar-refractivity contribution < 1.29 is 57.4 Å². The molecule has 2 rings (SSSR count). The average Bonchev–Trinajstić information content (AvgIpc) is 2.68. The minimum absolute atomic E-state index is 0.103. The summed E-state index contributed by atoms with van der Waals surface area (Å²) in [6.45, 7) is 9.67. The van der Waals surface area contributed by atoms with Crippen LogP contribution < -0.4 is 0 Å². The highest BCUT2D eigenvalue weighted by molar-refractivity contribution is 7.54. The molecule has 38 heavy (non-hydrogen) atoms. The summed E-state index contributed by atoms with van der Waals surface area (Å²) in [4.78, 5) is 81.0. The van der Waals surface area contributed by atoms with E-state index in [9.17, 15) is 57.4 Å². The third-order valence-electron chi connectivity index (χ3n) is 7.66. The van der Waals surface area contributed by atoms with Crippen molar-refractivity contribution in [1.82, 2.24) is 0 Å². The fraction of sp³-hybridized carbons (Fsp3) is 0.545. The predicted molar refractivity (Wildman–Crippen MR) is 144 cm³/mol. The Kier molecular flexibility index (Phi) is 8.30. The minimum atomic E-state index is -4.93. The van der Waals surface area contributed by atoms with E-state index in [1.54, 1.807) is 0 Å². The van der Waals surface area contributed by atoms with Crippen molar-refractivity contribution in [3.05, 3.63) is 46.5 Å². The smallest absolute Gasteiger partial charge is 0.324 e. The van der Waals surface area contributed by atoms with E-state index in [0.29, 0.717) is 0 Å². The molecule has 0 aromatic heterocycles. The van der Waals surface area contributed by atoms with E-state index in [0.717, 1.165) is 0 Å². The van der Waals surface area contributed by atoms with Crippen LogP contribution in [0.4, 0.5) is 0 Å².